The first-order chi connectivity index (χ1) is 7.06. The molecule has 0 spiro atoms. The monoisotopic (exact) mass is 270 g/mol. The number of hydrogen-bond acceptors (Lipinski definition) is 2. The number of hydrogen-bond donors (Lipinski definition) is 1. The normalized spacial score (nSPS) is 15.3. The van der Waals surface area contributed by atoms with Crippen molar-refractivity contribution in [1.29, 1.82) is 0 Å². The second kappa shape index (κ2) is 5.64. The van der Waals surface area contributed by atoms with Crippen molar-refractivity contribution in [2.75, 3.05) is 20.6 Å². The molecule has 0 aliphatic heterocycles. The molecule has 84 valence electrons. The Morgan fingerprint density at radius 1 is 1.27 bits per heavy atom. The maximum atomic E-state index is 5.74. The molecule has 0 saturated heterocycles. The Bertz CT molecular complexity index is 295. The Hall–Kier alpha value is -0.380. The van der Waals surface area contributed by atoms with Crippen LogP contribution in [0.15, 0.2) is 28.7 Å². The van der Waals surface area contributed by atoms with Crippen molar-refractivity contribution in [2.24, 2.45) is 11.7 Å². The van der Waals surface area contributed by atoms with E-state index in [0.717, 1.165) is 4.47 Å². The maximum Gasteiger partial charge on any atom is 0.0379 e. The SMILES string of the molecule is CC(CN)C(c1ccc(Br)cc1)N(C)C. The van der Waals surface area contributed by atoms with E-state index in [1.807, 2.05) is 0 Å². The Balaban J connectivity index is 2.94. The van der Waals surface area contributed by atoms with Gasteiger partial charge in [0.25, 0.3) is 0 Å². The summed E-state index contributed by atoms with van der Waals surface area (Å²) in [6, 6.07) is 8.86. The summed E-state index contributed by atoms with van der Waals surface area (Å²) in [5.41, 5.74) is 7.06. The Kier molecular flexibility index (Phi) is 4.77. The van der Waals surface area contributed by atoms with Crippen molar-refractivity contribution in [3.63, 3.8) is 0 Å². The molecule has 0 aliphatic carbocycles. The van der Waals surface area contributed by atoms with Gasteiger partial charge in [-0.2, -0.15) is 0 Å². The Morgan fingerprint density at radius 2 is 1.80 bits per heavy atom. The molecule has 2 N–H and O–H groups in total. The van der Waals surface area contributed by atoms with Gasteiger partial charge in [0.2, 0.25) is 0 Å². The zero-order valence-electron chi connectivity index (χ0n) is 9.57. The van der Waals surface area contributed by atoms with Gasteiger partial charge in [-0.25, -0.2) is 0 Å². The molecule has 0 aliphatic rings. The van der Waals surface area contributed by atoms with Crippen LogP contribution in [0, 0.1) is 5.92 Å². The van der Waals surface area contributed by atoms with Crippen LogP contribution in [-0.2, 0) is 0 Å². The molecule has 0 saturated carbocycles. The van der Waals surface area contributed by atoms with Crippen LogP contribution in [0.25, 0.3) is 0 Å². The quantitative estimate of drug-likeness (QED) is 0.912. The smallest absolute Gasteiger partial charge is 0.0379 e. The molecule has 0 heterocycles. The van der Waals surface area contributed by atoms with Crippen LogP contribution in [0.2, 0.25) is 0 Å². The molecule has 0 bridgehead atoms. The van der Waals surface area contributed by atoms with Crippen LogP contribution >= 0.6 is 15.9 Å². The average Bonchev–Trinajstić information content (AvgIpc) is 2.20. The largest absolute Gasteiger partial charge is 0.330 e. The minimum atomic E-state index is 0.392. The van der Waals surface area contributed by atoms with Gasteiger partial charge in [-0.3, -0.25) is 0 Å². The van der Waals surface area contributed by atoms with Crippen molar-refractivity contribution < 1.29 is 0 Å². The van der Waals surface area contributed by atoms with Gasteiger partial charge in [-0.05, 0) is 44.3 Å². The molecule has 0 fully saturated rings. The molecule has 1 aromatic rings. The second-order valence-electron chi connectivity index (χ2n) is 4.17. The predicted octanol–water partition coefficient (Wildman–Crippen LogP) is 2.65. The van der Waals surface area contributed by atoms with Gasteiger partial charge in [-0.15, -0.1) is 0 Å². The minimum absolute atomic E-state index is 0.392. The third-order valence-electron chi connectivity index (χ3n) is 2.68. The van der Waals surface area contributed by atoms with Crippen molar-refractivity contribution in [3.8, 4) is 0 Å². The first-order valence-electron chi connectivity index (χ1n) is 5.18. The van der Waals surface area contributed by atoms with Crippen LogP contribution in [-0.4, -0.2) is 25.5 Å². The maximum absolute atomic E-state index is 5.74. The Morgan fingerprint density at radius 3 is 2.20 bits per heavy atom. The number of nitrogens with zero attached hydrogens (tertiary/aromatic N) is 1. The topological polar surface area (TPSA) is 29.3 Å². The molecule has 0 aromatic heterocycles. The van der Waals surface area contributed by atoms with Crippen LogP contribution in [0.5, 0.6) is 0 Å². The number of rotatable bonds is 4. The molecule has 0 radical (unpaired) electrons. The van der Waals surface area contributed by atoms with E-state index in [4.69, 9.17) is 5.73 Å². The van der Waals surface area contributed by atoms with E-state index in [2.05, 4.69) is 66.1 Å². The molecule has 0 amide bonds. The van der Waals surface area contributed by atoms with E-state index < -0.39 is 0 Å². The standard InChI is InChI=1S/C12H19BrN2/c1-9(8-14)12(15(2)3)10-4-6-11(13)7-5-10/h4-7,9,12H,8,14H2,1-3H3. The lowest BCUT2D eigenvalue weighted by atomic mass is 9.94. The predicted molar refractivity (Wildman–Crippen MR) is 68.8 cm³/mol. The second-order valence-corrected chi connectivity index (χ2v) is 5.09. The first-order valence-corrected chi connectivity index (χ1v) is 5.97. The van der Waals surface area contributed by atoms with Crippen LogP contribution < -0.4 is 5.73 Å². The van der Waals surface area contributed by atoms with Crippen LogP contribution in [0.1, 0.15) is 18.5 Å². The zero-order valence-corrected chi connectivity index (χ0v) is 11.2. The summed E-state index contributed by atoms with van der Waals surface area (Å²) >= 11 is 3.45. The van der Waals surface area contributed by atoms with Crippen molar-refractivity contribution in [3.05, 3.63) is 34.3 Å². The highest BCUT2D eigenvalue weighted by molar-refractivity contribution is 9.10. The minimum Gasteiger partial charge on any atom is -0.330 e. The van der Waals surface area contributed by atoms with E-state index in [9.17, 15) is 0 Å². The van der Waals surface area contributed by atoms with Gasteiger partial charge in [0.05, 0.1) is 0 Å². The molecule has 2 atom stereocenters. The lowest BCUT2D eigenvalue weighted by molar-refractivity contribution is 0.227. The summed E-state index contributed by atoms with van der Waals surface area (Å²) in [6.07, 6.45) is 0. The van der Waals surface area contributed by atoms with Gasteiger partial charge < -0.3 is 10.6 Å². The highest BCUT2D eigenvalue weighted by Crippen LogP contribution is 2.27. The molecule has 3 heteroatoms. The number of nitrogens with two attached hydrogens (primary N) is 1. The molecule has 1 rings (SSSR count). The fourth-order valence-electron chi connectivity index (χ4n) is 1.92. The van der Waals surface area contributed by atoms with Gasteiger partial charge in [-0.1, -0.05) is 35.0 Å². The molecule has 2 nitrogen and oxygen atoms in total. The van der Waals surface area contributed by atoms with Crippen LogP contribution in [0.3, 0.4) is 0 Å². The van der Waals surface area contributed by atoms with E-state index >= 15 is 0 Å². The molecular formula is C12H19BrN2. The lowest BCUT2D eigenvalue weighted by Gasteiger charge is -2.29. The van der Waals surface area contributed by atoms with Crippen molar-refractivity contribution in [1.82, 2.24) is 4.90 Å². The molecule has 15 heavy (non-hydrogen) atoms. The van der Waals surface area contributed by atoms with Gasteiger partial charge >= 0.3 is 0 Å². The zero-order chi connectivity index (χ0) is 11.4. The summed E-state index contributed by atoms with van der Waals surface area (Å²) in [5.74, 6) is 0.459. The average molecular weight is 271 g/mol. The fraction of sp³-hybridized carbons (Fsp3) is 0.500. The third-order valence-corrected chi connectivity index (χ3v) is 3.21. The van der Waals surface area contributed by atoms with Crippen molar-refractivity contribution >= 4 is 15.9 Å². The highest BCUT2D eigenvalue weighted by atomic mass is 79.9. The summed E-state index contributed by atoms with van der Waals surface area (Å²) in [4.78, 5) is 2.22. The summed E-state index contributed by atoms with van der Waals surface area (Å²) in [7, 11) is 4.19. The highest BCUT2D eigenvalue weighted by Gasteiger charge is 2.19. The fourth-order valence-corrected chi connectivity index (χ4v) is 2.19. The molecular weight excluding hydrogens is 252 g/mol. The molecule has 2 unspecified atom stereocenters. The van der Waals surface area contributed by atoms with Gasteiger partial charge in [0.1, 0.15) is 0 Å². The van der Waals surface area contributed by atoms with Crippen molar-refractivity contribution in [2.45, 2.75) is 13.0 Å². The van der Waals surface area contributed by atoms with Gasteiger partial charge in [0, 0.05) is 10.5 Å². The van der Waals surface area contributed by atoms with E-state index in [-0.39, 0.29) is 0 Å². The van der Waals surface area contributed by atoms with E-state index in [1.165, 1.54) is 5.56 Å². The van der Waals surface area contributed by atoms with Crippen LogP contribution in [0.4, 0.5) is 0 Å². The lowest BCUT2D eigenvalue weighted by Crippen LogP contribution is -2.30. The van der Waals surface area contributed by atoms with E-state index in [0.29, 0.717) is 18.5 Å². The summed E-state index contributed by atoms with van der Waals surface area (Å²) in [5, 5.41) is 0. The first kappa shape index (κ1) is 12.7. The Labute approximate surface area is 101 Å². The van der Waals surface area contributed by atoms with Gasteiger partial charge in [0.15, 0.2) is 0 Å². The summed E-state index contributed by atoms with van der Waals surface area (Å²) in [6.45, 7) is 2.89. The van der Waals surface area contributed by atoms with E-state index in [1.54, 1.807) is 0 Å². The summed E-state index contributed by atoms with van der Waals surface area (Å²) < 4.78 is 1.11. The number of benzene rings is 1. The third kappa shape index (κ3) is 3.30. The number of halogens is 1. The molecule has 1 aromatic carbocycles.